The van der Waals surface area contributed by atoms with Gasteiger partial charge in [-0.05, 0) is 0 Å². The summed E-state index contributed by atoms with van der Waals surface area (Å²) in [5, 5.41) is 10.9. The number of halogens is 3. The Morgan fingerprint density at radius 1 is 1.44 bits per heavy atom. The second kappa shape index (κ2) is 4.92. The van der Waals surface area contributed by atoms with Gasteiger partial charge in [0.15, 0.2) is 0 Å². The van der Waals surface area contributed by atoms with Crippen LogP contribution >= 0.6 is 0 Å². The Hall–Kier alpha value is -1.64. The SMILES string of the molecule is Cc1nnc(NC(=O)CNCC(F)(F)F)o1. The molecule has 0 aliphatic carbocycles. The van der Waals surface area contributed by atoms with Gasteiger partial charge in [-0.15, -0.1) is 5.10 Å². The summed E-state index contributed by atoms with van der Waals surface area (Å²) in [5.41, 5.74) is 0. The van der Waals surface area contributed by atoms with Crippen molar-refractivity contribution in [1.29, 1.82) is 0 Å². The smallest absolute Gasteiger partial charge is 0.401 e. The molecule has 1 aromatic rings. The molecule has 1 aromatic heterocycles. The zero-order chi connectivity index (χ0) is 12.2. The molecule has 0 spiro atoms. The monoisotopic (exact) mass is 238 g/mol. The topological polar surface area (TPSA) is 80.0 Å². The molecule has 9 heteroatoms. The number of aromatic nitrogens is 2. The summed E-state index contributed by atoms with van der Waals surface area (Å²) in [6.07, 6.45) is -4.35. The summed E-state index contributed by atoms with van der Waals surface area (Å²) in [5.74, 6) is -0.438. The normalized spacial score (nSPS) is 11.5. The molecule has 6 nitrogen and oxygen atoms in total. The third-order valence-electron chi connectivity index (χ3n) is 1.38. The molecule has 0 bridgehead atoms. The lowest BCUT2D eigenvalue weighted by Crippen LogP contribution is -2.35. The zero-order valence-corrected chi connectivity index (χ0v) is 8.26. The van der Waals surface area contributed by atoms with Crippen molar-refractivity contribution >= 4 is 11.9 Å². The van der Waals surface area contributed by atoms with Crippen molar-refractivity contribution in [2.45, 2.75) is 13.1 Å². The van der Waals surface area contributed by atoms with E-state index in [4.69, 9.17) is 4.42 Å². The number of alkyl halides is 3. The minimum Gasteiger partial charge on any atom is -0.408 e. The van der Waals surface area contributed by atoms with Crippen molar-refractivity contribution in [2.24, 2.45) is 0 Å². The van der Waals surface area contributed by atoms with Crippen LogP contribution in [0.15, 0.2) is 4.42 Å². The van der Waals surface area contributed by atoms with Gasteiger partial charge in [-0.2, -0.15) is 13.2 Å². The van der Waals surface area contributed by atoms with Crippen molar-refractivity contribution in [2.75, 3.05) is 18.4 Å². The standard InChI is InChI=1S/C7H9F3N4O2/c1-4-13-14-6(16-4)12-5(15)2-11-3-7(8,9)10/h11H,2-3H2,1H3,(H,12,14,15). The van der Waals surface area contributed by atoms with Crippen molar-refractivity contribution in [1.82, 2.24) is 15.5 Å². The van der Waals surface area contributed by atoms with Crippen LogP contribution in [0.25, 0.3) is 0 Å². The van der Waals surface area contributed by atoms with E-state index in [1.807, 2.05) is 5.32 Å². The number of rotatable bonds is 4. The molecule has 0 fully saturated rings. The Bertz CT molecular complexity index is 363. The highest BCUT2D eigenvalue weighted by Crippen LogP contribution is 2.11. The van der Waals surface area contributed by atoms with E-state index in [1.165, 1.54) is 6.92 Å². The van der Waals surface area contributed by atoms with E-state index in [0.717, 1.165) is 0 Å². The lowest BCUT2D eigenvalue weighted by Gasteiger charge is -2.06. The summed E-state index contributed by atoms with van der Waals surface area (Å²) < 4.78 is 39.9. The summed E-state index contributed by atoms with van der Waals surface area (Å²) in [4.78, 5) is 11.0. The second-order valence-electron chi connectivity index (χ2n) is 2.89. The van der Waals surface area contributed by atoms with Crippen LogP contribution < -0.4 is 10.6 Å². The van der Waals surface area contributed by atoms with Gasteiger partial charge in [-0.25, -0.2) is 0 Å². The summed E-state index contributed by atoms with van der Waals surface area (Å²) in [6.45, 7) is -0.200. The maximum Gasteiger partial charge on any atom is 0.401 e. The molecule has 2 N–H and O–H groups in total. The molecule has 1 amide bonds. The van der Waals surface area contributed by atoms with Gasteiger partial charge in [0.25, 0.3) is 0 Å². The minimum absolute atomic E-state index is 0.142. The van der Waals surface area contributed by atoms with Crippen LogP contribution in [0.2, 0.25) is 0 Å². The molecule has 1 rings (SSSR count). The van der Waals surface area contributed by atoms with Gasteiger partial charge < -0.3 is 9.73 Å². The largest absolute Gasteiger partial charge is 0.408 e. The summed E-state index contributed by atoms with van der Waals surface area (Å²) >= 11 is 0. The Morgan fingerprint density at radius 2 is 2.12 bits per heavy atom. The highest BCUT2D eigenvalue weighted by molar-refractivity contribution is 5.90. The van der Waals surface area contributed by atoms with E-state index in [0.29, 0.717) is 0 Å². The molecule has 16 heavy (non-hydrogen) atoms. The van der Waals surface area contributed by atoms with Crippen LogP contribution in [-0.4, -0.2) is 35.4 Å². The first kappa shape index (κ1) is 12.4. The van der Waals surface area contributed by atoms with E-state index in [2.05, 4.69) is 15.5 Å². The van der Waals surface area contributed by atoms with Crippen LogP contribution in [-0.2, 0) is 4.79 Å². The fourth-order valence-electron chi connectivity index (χ4n) is 0.828. The first-order chi connectivity index (χ1) is 7.37. The third kappa shape index (κ3) is 4.73. The molecule has 90 valence electrons. The average Bonchev–Trinajstić information content (AvgIpc) is 2.48. The number of aryl methyl sites for hydroxylation is 1. The zero-order valence-electron chi connectivity index (χ0n) is 8.26. The molecule has 1 heterocycles. The Balaban J connectivity index is 2.26. The molecule has 0 aromatic carbocycles. The molecule has 0 unspecified atom stereocenters. The maximum absolute atomic E-state index is 11.7. The van der Waals surface area contributed by atoms with E-state index in [1.54, 1.807) is 0 Å². The Labute approximate surface area is 88.2 Å². The summed E-state index contributed by atoms with van der Waals surface area (Å²) in [6, 6.07) is -0.142. The van der Waals surface area contributed by atoms with Gasteiger partial charge in [0.2, 0.25) is 11.8 Å². The number of carbonyl (C=O) groups is 1. The fourth-order valence-corrected chi connectivity index (χ4v) is 0.828. The average molecular weight is 238 g/mol. The second-order valence-corrected chi connectivity index (χ2v) is 2.89. The molecule has 0 aliphatic rings. The molecule has 0 radical (unpaired) electrons. The molecule has 0 saturated heterocycles. The van der Waals surface area contributed by atoms with E-state index < -0.39 is 25.2 Å². The van der Waals surface area contributed by atoms with E-state index in [9.17, 15) is 18.0 Å². The number of anilines is 1. The number of nitrogens with zero attached hydrogens (tertiary/aromatic N) is 2. The van der Waals surface area contributed by atoms with Gasteiger partial charge in [0.05, 0.1) is 13.1 Å². The molecule has 0 aliphatic heterocycles. The number of hydrogen-bond donors (Lipinski definition) is 2. The minimum atomic E-state index is -4.35. The quantitative estimate of drug-likeness (QED) is 0.796. The lowest BCUT2D eigenvalue weighted by molar-refractivity contribution is -0.127. The van der Waals surface area contributed by atoms with Gasteiger partial charge in [-0.3, -0.25) is 10.1 Å². The first-order valence-corrected chi connectivity index (χ1v) is 4.24. The summed E-state index contributed by atoms with van der Waals surface area (Å²) in [7, 11) is 0. The van der Waals surface area contributed by atoms with Crippen LogP contribution in [0.4, 0.5) is 19.2 Å². The van der Waals surface area contributed by atoms with Crippen LogP contribution in [0.3, 0.4) is 0 Å². The number of carbonyl (C=O) groups excluding carboxylic acids is 1. The highest BCUT2D eigenvalue weighted by Gasteiger charge is 2.26. The molecular formula is C7H9F3N4O2. The van der Waals surface area contributed by atoms with Gasteiger partial charge in [0, 0.05) is 6.92 Å². The lowest BCUT2D eigenvalue weighted by atomic mass is 10.5. The van der Waals surface area contributed by atoms with Gasteiger partial charge in [0.1, 0.15) is 0 Å². The Kier molecular flexibility index (Phi) is 3.82. The molecular weight excluding hydrogens is 229 g/mol. The van der Waals surface area contributed by atoms with E-state index in [-0.39, 0.29) is 11.9 Å². The van der Waals surface area contributed by atoms with Crippen LogP contribution in [0, 0.1) is 6.92 Å². The van der Waals surface area contributed by atoms with Gasteiger partial charge in [-0.1, -0.05) is 5.10 Å². The van der Waals surface area contributed by atoms with E-state index >= 15 is 0 Å². The predicted octanol–water partition coefficient (Wildman–Crippen LogP) is 0.468. The van der Waals surface area contributed by atoms with Crippen molar-refractivity contribution in [3.8, 4) is 0 Å². The van der Waals surface area contributed by atoms with Crippen LogP contribution in [0.5, 0.6) is 0 Å². The number of nitrogens with one attached hydrogen (secondary N) is 2. The third-order valence-corrected chi connectivity index (χ3v) is 1.38. The van der Waals surface area contributed by atoms with Crippen molar-refractivity contribution < 1.29 is 22.4 Å². The first-order valence-electron chi connectivity index (χ1n) is 4.24. The van der Waals surface area contributed by atoms with Crippen LogP contribution in [0.1, 0.15) is 5.89 Å². The molecule has 0 atom stereocenters. The fraction of sp³-hybridized carbons (Fsp3) is 0.571. The maximum atomic E-state index is 11.7. The van der Waals surface area contributed by atoms with Crippen molar-refractivity contribution in [3.05, 3.63) is 5.89 Å². The molecule has 0 saturated carbocycles. The van der Waals surface area contributed by atoms with Crippen molar-refractivity contribution in [3.63, 3.8) is 0 Å². The number of amides is 1. The van der Waals surface area contributed by atoms with Gasteiger partial charge >= 0.3 is 12.2 Å². The predicted molar refractivity (Wildman–Crippen MR) is 46.6 cm³/mol. The highest BCUT2D eigenvalue weighted by atomic mass is 19.4. The Morgan fingerprint density at radius 3 is 2.62 bits per heavy atom. The number of hydrogen-bond acceptors (Lipinski definition) is 5.